The number of carboxylic acids is 1. The van der Waals surface area contributed by atoms with E-state index in [-0.39, 0.29) is 5.56 Å². The molecule has 0 aromatic heterocycles. The quantitative estimate of drug-likeness (QED) is 0.738. The predicted octanol–water partition coefficient (Wildman–Crippen LogP) is 3.43. The second-order valence-electron chi connectivity index (χ2n) is 4.86. The third kappa shape index (κ3) is 4.56. The van der Waals surface area contributed by atoms with Crippen LogP contribution in [0.3, 0.4) is 0 Å². The Morgan fingerprint density at radius 1 is 1.05 bits per heavy atom. The van der Waals surface area contributed by atoms with Crippen LogP contribution in [0.2, 0.25) is 0 Å². The van der Waals surface area contributed by atoms with Crippen molar-refractivity contribution in [2.45, 2.75) is 19.9 Å². The molecule has 0 saturated carbocycles. The highest BCUT2D eigenvalue weighted by molar-refractivity contribution is 7.80. The molecular formula is C17H18N2O2S. The summed E-state index contributed by atoms with van der Waals surface area (Å²) in [7, 11) is 0. The van der Waals surface area contributed by atoms with Gasteiger partial charge in [0.2, 0.25) is 0 Å². The molecule has 0 radical (unpaired) electrons. The van der Waals surface area contributed by atoms with Gasteiger partial charge in [0.05, 0.1) is 5.56 Å². The summed E-state index contributed by atoms with van der Waals surface area (Å²) < 4.78 is 0. The Hall–Kier alpha value is -2.40. The number of aryl methyl sites for hydroxylation is 1. The molecule has 2 rings (SSSR count). The summed E-state index contributed by atoms with van der Waals surface area (Å²) in [5, 5.41) is 15.6. The predicted molar refractivity (Wildman–Crippen MR) is 92.3 cm³/mol. The SMILES string of the molecule is CCc1ccc(NC(=S)NCc2ccc(C(=O)O)cc2)cc1. The maximum absolute atomic E-state index is 10.8. The van der Waals surface area contributed by atoms with E-state index in [4.69, 9.17) is 17.3 Å². The van der Waals surface area contributed by atoms with Crippen LogP contribution in [0.15, 0.2) is 48.5 Å². The number of hydrogen-bond donors (Lipinski definition) is 3. The topological polar surface area (TPSA) is 61.4 Å². The first-order valence-electron chi connectivity index (χ1n) is 7.04. The molecule has 0 aliphatic heterocycles. The van der Waals surface area contributed by atoms with Gasteiger partial charge in [-0.15, -0.1) is 0 Å². The van der Waals surface area contributed by atoms with Crippen molar-refractivity contribution in [3.63, 3.8) is 0 Å². The van der Waals surface area contributed by atoms with Gasteiger partial charge in [-0.25, -0.2) is 4.79 Å². The van der Waals surface area contributed by atoms with Crippen molar-refractivity contribution in [1.82, 2.24) is 5.32 Å². The third-order valence-corrected chi connectivity index (χ3v) is 3.52. The first-order chi connectivity index (χ1) is 10.6. The maximum Gasteiger partial charge on any atom is 0.335 e. The Kier molecular flexibility index (Phi) is 5.49. The van der Waals surface area contributed by atoms with E-state index in [9.17, 15) is 4.79 Å². The van der Waals surface area contributed by atoms with E-state index in [0.717, 1.165) is 17.7 Å². The van der Waals surface area contributed by atoms with Crippen LogP contribution in [0.1, 0.15) is 28.4 Å². The van der Waals surface area contributed by atoms with Gasteiger partial charge in [0.25, 0.3) is 0 Å². The molecule has 0 unspecified atom stereocenters. The Morgan fingerprint density at radius 2 is 1.64 bits per heavy atom. The lowest BCUT2D eigenvalue weighted by Gasteiger charge is -2.11. The molecule has 0 fully saturated rings. The van der Waals surface area contributed by atoms with Gasteiger partial charge in [0.1, 0.15) is 0 Å². The second kappa shape index (κ2) is 7.56. The normalized spacial score (nSPS) is 10.0. The summed E-state index contributed by atoms with van der Waals surface area (Å²) in [5.74, 6) is -0.924. The van der Waals surface area contributed by atoms with Crippen LogP contribution in [-0.2, 0) is 13.0 Å². The number of benzene rings is 2. The van der Waals surface area contributed by atoms with E-state index in [2.05, 4.69) is 29.7 Å². The maximum atomic E-state index is 10.8. The van der Waals surface area contributed by atoms with Crippen LogP contribution in [0.4, 0.5) is 5.69 Å². The highest BCUT2D eigenvalue weighted by Gasteiger charge is 2.02. The highest BCUT2D eigenvalue weighted by atomic mass is 32.1. The molecule has 2 aromatic rings. The van der Waals surface area contributed by atoms with Crippen molar-refractivity contribution in [2.24, 2.45) is 0 Å². The summed E-state index contributed by atoms with van der Waals surface area (Å²) >= 11 is 5.25. The minimum atomic E-state index is -0.924. The lowest BCUT2D eigenvalue weighted by molar-refractivity contribution is 0.0697. The molecule has 0 heterocycles. The molecule has 0 saturated heterocycles. The zero-order valence-electron chi connectivity index (χ0n) is 12.3. The molecule has 22 heavy (non-hydrogen) atoms. The number of aromatic carboxylic acids is 1. The molecular weight excluding hydrogens is 296 g/mol. The highest BCUT2D eigenvalue weighted by Crippen LogP contribution is 2.10. The Balaban J connectivity index is 1.85. The van der Waals surface area contributed by atoms with Gasteiger partial charge in [-0.2, -0.15) is 0 Å². The zero-order chi connectivity index (χ0) is 15.9. The fourth-order valence-electron chi connectivity index (χ4n) is 1.95. The average Bonchev–Trinajstić information content (AvgIpc) is 2.54. The van der Waals surface area contributed by atoms with Crippen LogP contribution < -0.4 is 10.6 Å². The van der Waals surface area contributed by atoms with Crippen LogP contribution in [0.25, 0.3) is 0 Å². The van der Waals surface area contributed by atoms with Crippen molar-refractivity contribution in [3.05, 3.63) is 65.2 Å². The number of carboxylic acid groups (broad SMARTS) is 1. The third-order valence-electron chi connectivity index (χ3n) is 3.27. The number of thiocarbonyl (C=S) groups is 1. The van der Waals surface area contributed by atoms with E-state index in [0.29, 0.717) is 11.7 Å². The summed E-state index contributed by atoms with van der Waals surface area (Å²) in [6, 6.07) is 14.8. The Bertz CT molecular complexity index is 651. The van der Waals surface area contributed by atoms with Crippen molar-refractivity contribution in [2.75, 3.05) is 5.32 Å². The average molecular weight is 314 g/mol. The van der Waals surface area contributed by atoms with Crippen LogP contribution >= 0.6 is 12.2 Å². The Labute approximate surface area is 135 Å². The molecule has 3 N–H and O–H groups in total. The molecule has 114 valence electrons. The van der Waals surface area contributed by atoms with Crippen molar-refractivity contribution in [1.29, 1.82) is 0 Å². The van der Waals surface area contributed by atoms with Gasteiger partial charge >= 0.3 is 5.97 Å². The van der Waals surface area contributed by atoms with E-state index in [1.807, 2.05) is 12.1 Å². The zero-order valence-corrected chi connectivity index (χ0v) is 13.1. The minimum Gasteiger partial charge on any atom is -0.478 e. The van der Waals surface area contributed by atoms with Crippen LogP contribution in [0, 0.1) is 0 Å². The lowest BCUT2D eigenvalue weighted by Crippen LogP contribution is -2.27. The first kappa shape index (κ1) is 16.0. The molecule has 0 bridgehead atoms. The molecule has 0 aliphatic carbocycles. The van der Waals surface area contributed by atoms with Crippen molar-refractivity contribution >= 4 is 29.0 Å². The summed E-state index contributed by atoms with van der Waals surface area (Å²) in [6.07, 6.45) is 1.01. The number of anilines is 1. The molecule has 0 amide bonds. The monoisotopic (exact) mass is 314 g/mol. The van der Waals surface area contributed by atoms with Gasteiger partial charge in [0, 0.05) is 12.2 Å². The van der Waals surface area contributed by atoms with Gasteiger partial charge < -0.3 is 15.7 Å². The second-order valence-corrected chi connectivity index (χ2v) is 5.27. The molecule has 0 spiro atoms. The molecule has 2 aromatic carbocycles. The minimum absolute atomic E-state index is 0.278. The fourth-order valence-corrected chi connectivity index (χ4v) is 2.14. The molecule has 0 atom stereocenters. The molecule has 0 aliphatic rings. The van der Waals surface area contributed by atoms with Gasteiger partial charge in [-0.05, 0) is 54.0 Å². The smallest absolute Gasteiger partial charge is 0.335 e. The fraction of sp³-hybridized carbons (Fsp3) is 0.176. The number of rotatable bonds is 5. The van der Waals surface area contributed by atoms with Crippen LogP contribution in [-0.4, -0.2) is 16.2 Å². The van der Waals surface area contributed by atoms with Crippen molar-refractivity contribution < 1.29 is 9.90 Å². The van der Waals surface area contributed by atoms with E-state index in [1.165, 1.54) is 5.56 Å². The largest absolute Gasteiger partial charge is 0.478 e. The Morgan fingerprint density at radius 3 is 2.18 bits per heavy atom. The van der Waals surface area contributed by atoms with Crippen LogP contribution in [0.5, 0.6) is 0 Å². The van der Waals surface area contributed by atoms with E-state index < -0.39 is 5.97 Å². The van der Waals surface area contributed by atoms with E-state index in [1.54, 1.807) is 24.3 Å². The molecule has 4 nitrogen and oxygen atoms in total. The van der Waals surface area contributed by atoms with E-state index >= 15 is 0 Å². The van der Waals surface area contributed by atoms with Gasteiger partial charge in [-0.3, -0.25) is 0 Å². The first-order valence-corrected chi connectivity index (χ1v) is 7.45. The number of nitrogens with one attached hydrogen (secondary N) is 2. The molecule has 5 heteroatoms. The summed E-state index contributed by atoms with van der Waals surface area (Å²) in [6.45, 7) is 2.66. The lowest BCUT2D eigenvalue weighted by atomic mass is 10.1. The summed E-state index contributed by atoms with van der Waals surface area (Å²) in [5.41, 5.74) is 3.47. The number of carbonyl (C=O) groups is 1. The summed E-state index contributed by atoms with van der Waals surface area (Å²) in [4.78, 5) is 10.8. The van der Waals surface area contributed by atoms with Gasteiger partial charge in [0.15, 0.2) is 5.11 Å². The van der Waals surface area contributed by atoms with Gasteiger partial charge in [-0.1, -0.05) is 31.2 Å². The van der Waals surface area contributed by atoms with Crippen molar-refractivity contribution in [3.8, 4) is 0 Å². The standard InChI is InChI=1S/C17H18N2O2S/c1-2-12-5-9-15(10-6-12)19-17(22)18-11-13-3-7-14(8-4-13)16(20)21/h3-10H,2,11H2,1H3,(H,20,21)(H2,18,19,22). The number of hydrogen-bond acceptors (Lipinski definition) is 2.